The Hall–Kier alpha value is -2.71. The van der Waals surface area contributed by atoms with Crippen molar-refractivity contribution in [3.63, 3.8) is 0 Å². The normalized spacial score (nSPS) is 20.6. The molecule has 2 aromatic carbocycles. The fourth-order valence-electron chi connectivity index (χ4n) is 5.01. The third kappa shape index (κ3) is 6.60. The second-order valence-electron chi connectivity index (χ2n) is 11.7. The number of nitrogens with one attached hydrogen (secondary N) is 3. The molecular weight excluding hydrogens is 482 g/mol. The first-order chi connectivity index (χ1) is 17.7. The summed E-state index contributed by atoms with van der Waals surface area (Å²) in [5, 5.41) is 8.08. The number of benzene rings is 2. The molecule has 7 nitrogen and oxygen atoms in total. The Kier molecular flexibility index (Phi) is 7.41. The third-order valence-corrected chi connectivity index (χ3v) is 9.07. The van der Waals surface area contributed by atoms with Gasteiger partial charge in [0.05, 0.1) is 10.4 Å². The molecule has 37 heavy (non-hydrogen) atoms. The van der Waals surface area contributed by atoms with Gasteiger partial charge in [0.25, 0.3) is 0 Å². The predicted molar refractivity (Wildman–Crippen MR) is 150 cm³/mol. The smallest absolute Gasteiger partial charge is 0.240 e. The van der Waals surface area contributed by atoms with Crippen LogP contribution in [0.5, 0.6) is 0 Å². The van der Waals surface area contributed by atoms with E-state index in [-0.39, 0.29) is 5.41 Å². The standard InChI is InChI=1S/C29H39N5O2S/c1-29(2,3)22-12-16-24(17-13-22)37(35,36)31-19-21-10-8-20(9-11-21)18-30-28-33-26-7-5-4-6-25(26)27(34-28)32-23-14-15-23/h4-7,12-13,16-17,20-21,23,31H,8-11,14-15,18-19H2,1-3H3,(H2,30,32,33,34). The van der Waals surface area contributed by atoms with Crippen molar-refractivity contribution in [3.05, 3.63) is 54.1 Å². The van der Waals surface area contributed by atoms with Crippen molar-refractivity contribution >= 4 is 32.7 Å². The molecule has 0 unspecified atom stereocenters. The van der Waals surface area contributed by atoms with Gasteiger partial charge >= 0.3 is 0 Å². The van der Waals surface area contributed by atoms with Gasteiger partial charge < -0.3 is 10.6 Å². The van der Waals surface area contributed by atoms with Gasteiger partial charge in [0.15, 0.2) is 0 Å². The molecule has 3 N–H and O–H groups in total. The molecule has 2 aliphatic rings. The van der Waals surface area contributed by atoms with E-state index >= 15 is 0 Å². The van der Waals surface area contributed by atoms with Crippen LogP contribution in [0.1, 0.15) is 64.9 Å². The number of nitrogens with zero attached hydrogens (tertiary/aromatic N) is 2. The number of aromatic nitrogens is 2. The maximum absolute atomic E-state index is 12.8. The summed E-state index contributed by atoms with van der Waals surface area (Å²) in [6, 6.07) is 15.9. The van der Waals surface area contributed by atoms with Crippen LogP contribution in [0.3, 0.4) is 0 Å². The van der Waals surface area contributed by atoms with E-state index in [4.69, 9.17) is 9.97 Å². The van der Waals surface area contributed by atoms with E-state index in [1.165, 1.54) is 12.8 Å². The zero-order valence-corrected chi connectivity index (χ0v) is 22.9. The molecule has 8 heteroatoms. The van der Waals surface area contributed by atoms with E-state index in [1.807, 2.05) is 30.3 Å². The summed E-state index contributed by atoms with van der Waals surface area (Å²) in [7, 11) is -3.49. The molecule has 0 aliphatic heterocycles. The molecule has 2 fully saturated rings. The van der Waals surface area contributed by atoms with Crippen LogP contribution in [0.2, 0.25) is 0 Å². The van der Waals surface area contributed by atoms with Crippen molar-refractivity contribution in [1.82, 2.24) is 14.7 Å². The van der Waals surface area contributed by atoms with Gasteiger partial charge in [0, 0.05) is 24.5 Å². The topological polar surface area (TPSA) is 96.0 Å². The molecule has 0 saturated heterocycles. The van der Waals surface area contributed by atoms with Crippen molar-refractivity contribution < 1.29 is 8.42 Å². The predicted octanol–water partition coefficient (Wildman–Crippen LogP) is 5.70. The molecule has 0 spiro atoms. The highest BCUT2D eigenvalue weighted by Gasteiger charge is 2.25. The van der Waals surface area contributed by atoms with Gasteiger partial charge in [-0.1, -0.05) is 45.0 Å². The number of hydrogen-bond donors (Lipinski definition) is 3. The fraction of sp³-hybridized carbons (Fsp3) is 0.517. The summed E-state index contributed by atoms with van der Waals surface area (Å²) in [5.74, 6) is 2.49. The summed E-state index contributed by atoms with van der Waals surface area (Å²) < 4.78 is 28.5. The van der Waals surface area contributed by atoms with Crippen LogP contribution in [0, 0.1) is 11.8 Å². The van der Waals surface area contributed by atoms with Crippen molar-refractivity contribution in [2.75, 3.05) is 23.7 Å². The van der Waals surface area contributed by atoms with Crippen molar-refractivity contribution in [2.45, 2.75) is 75.6 Å². The van der Waals surface area contributed by atoms with Gasteiger partial charge in [-0.15, -0.1) is 0 Å². The second kappa shape index (κ2) is 10.6. The van der Waals surface area contributed by atoms with E-state index in [0.717, 1.165) is 54.5 Å². The lowest BCUT2D eigenvalue weighted by atomic mass is 9.82. The minimum Gasteiger partial charge on any atom is -0.367 e. The van der Waals surface area contributed by atoms with Gasteiger partial charge in [-0.3, -0.25) is 0 Å². The highest BCUT2D eigenvalue weighted by atomic mass is 32.2. The number of anilines is 2. The van der Waals surface area contributed by atoms with Gasteiger partial charge in [-0.05, 0) is 85.6 Å². The summed E-state index contributed by atoms with van der Waals surface area (Å²) >= 11 is 0. The monoisotopic (exact) mass is 521 g/mol. The molecule has 3 aromatic rings. The molecule has 5 rings (SSSR count). The van der Waals surface area contributed by atoms with Gasteiger partial charge in [-0.25, -0.2) is 18.1 Å². The SMILES string of the molecule is CC(C)(C)c1ccc(S(=O)(=O)NCC2CCC(CNc3nc(NC4CC4)c4ccccc4n3)CC2)cc1. The molecular formula is C29H39N5O2S. The molecule has 1 aromatic heterocycles. The zero-order chi connectivity index (χ0) is 26.0. The minimum absolute atomic E-state index is 0.000575. The van der Waals surface area contributed by atoms with Crippen LogP contribution in [-0.4, -0.2) is 37.5 Å². The van der Waals surface area contributed by atoms with Crippen LogP contribution in [0.15, 0.2) is 53.4 Å². The number of sulfonamides is 1. The summed E-state index contributed by atoms with van der Waals surface area (Å²) in [6.45, 7) is 7.70. The Morgan fingerprint density at radius 1 is 0.838 bits per heavy atom. The van der Waals surface area contributed by atoms with E-state index in [1.54, 1.807) is 12.1 Å². The number of fused-ring (bicyclic) bond motifs is 1. The maximum Gasteiger partial charge on any atom is 0.240 e. The number of rotatable bonds is 9. The fourth-order valence-corrected chi connectivity index (χ4v) is 6.12. The number of hydrogen-bond acceptors (Lipinski definition) is 6. The summed E-state index contributed by atoms with van der Waals surface area (Å²) in [5.41, 5.74) is 2.08. The van der Waals surface area contributed by atoms with Gasteiger partial charge in [0.2, 0.25) is 16.0 Å². The summed E-state index contributed by atoms with van der Waals surface area (Å²) in [4.78, 5) is 9.84. The largest absolute Gasteiger partial charge is 0.367 e. The van der Waals surface area contributed by atoms with Crippen LogP contribution in [-0.2, 0) is 15.4 Å². The van der Waals surface area contributed by atoms with Crippen LogP contribution in [0.25, 0.3) is 10.9 Å². The van der Waals surface area contributed by atoms with Crippen molar-refractivity contribution in [3.8, 4) is 0 Å². The Balaban J connectivity index is 1.11. The molecule has 2 saturated carbocycles. The maximum atomic E-state index is 12.8. The summed E-state index contributed by atoms with van der Waals surface area (Å²) in [6.07, 6.45) is 6.57. The Bertz CT molecular complexity index is 1320. The van der Waals surface area contributed by atoms with E-state index < -0.39 is 10.0 Å². The van der Waals surface area contributed by atoms with Gasteiger partial charge in [0.1, 0.15) is 5.82 Å². The molecule has 0 bridgehead atoms. The first-order valence-corrected chi connectivity index (χ1v) is 15.0. The lowest BCUT2D eigenvalue weighted by Gasteiger charge is -2.28. The average Bonchev–Trinajstić information content (AvgIpc) is 3.71. The molecule has 0 atom stereocenters. The first-order valence-electron chi connectivity index (χ1n) is 13.5. The van der Waals surface area contributed by atoms with E-state index in [9.17, 15) is 8.42 Å². The molecule has 1 heterocycles. The quantitative estimate of drug-likeness (QED) is 0.334. The van der Waals surface area contributed by atoms with Crippen LogP contribution < -0.4 is 15.4 Å². The Morgan fingerprint density at radius 3 is 2.14 bits per heavy atom. The Morgan fingerprint density at radius 2 is 1.49 bits per heavy atom. The number of para-hydroxylation sites is 1. The van der Waals surface area contributed by atoms with Crippen LogP contribution in [0.4, 0.5) is 11.8 Å². The molecule has 2 aliphatic carbocycles. The highest BCUT2D eigenvalue weighted by molar-refractivity contribution is 7.89. The zero-order valence-electron chi connectivity index (χ0n) is 22.1. The third-order valence-electron chi connectivity index (χ3n) is 7.63. The average molecular weight is 522 g/mol. The van der Waals surface area contributed by atoms with Gasteiger partial charge in [-0.2, -0.15) is 4.98 Å². The van der Waals surface area contributed by atoms with E-state index in [0.29, 0.717) is 35.3 Å². The van der Waals surface area contributed by atoms with Crippen molar-refractivity contribution in [1.29, 1.82) is 0 Å². The van der Waals surface area contributed by atoms with Crippen LogP contribution >= 0.6 is 0 Å². The minimum atomic E-state index is -3.49. The molecule has 0 amide bonds. The lowest BCUT2D eigenvalue weighted by molar-refractivity contribution is 0.284. The first kappa shape index (κ1) is 25.9. The molecule has 0 radical (unpaired) electrons. The lowest BCUT2D eigenvalue weighted by Crippen LogP contribution is -2.32. The van der Waals surface area contributed by atoms with Crippen molar-refractivity contribution in [2.24, 2.45) is 11.8 Å². The molecule has 198 valence electrons. The Labute approximate surface area is 220 Å². The van der Waals surface area contributed by atoms with E-state index in [2.05, 4.69) is 42.2 Å². The highest BCUT2D eigenvalue weighted by Crippen LogP contribution is 2.31. The second-order valence-corrected chi connectivity index (χ2v) is 13.5.